The Hall–Kier alpha value is -2.69. The maximum atomic E-state index is 15.1. The predicted octanol–water partition coefficient (Wildman–Crippen LogP) is 4.13. The van der Waals surface area contributed by atoms with Gasteiger partial charge in [0.2, 0.25) is 25.0 Å². The molecule has 180 valence electrons. The molecule has 1 unspecified atom stereocenters. The topological polar surface area (TPSA) is 97.3 Å². The quantitative estimate of drug-likeness (QED) is 0.469. The number of halogens is 1. The zero-order valence-electron chi connectivity index (χ0n) is 18.9. The van der Waals surface area contributed by atoms with Gasteiger partial charge in [0, 0.05) is 36.1 Å². The Labute approximate surface area is 199 Å². The van der Waals surface area contributed by atoms with Crippen LogP contribution in [0.4, 0.5) is 4.39 Å². The first kappa shape index (κ1) is 24.4. The molecule has 0 N–H and O–H groups in total. The molecule has 34 heavy (non-hydrogen) atoms. The van der Waals surface area contributed by atoms with Crippen LogP contribution in [0, 0.1) is 5.82 Å². The first-order chi connectivity index (χ1) is 16.1. The van der Waals surface area contributed by atoms with Crippen LogP contribution in [0.3, 0.4) is 0 Å². The van der Waals surface area contributed by atoms with Crippen molar-refractivity contribution >= 4 is 19.9 Å². The predicted molar refractivity (Wildman–Crippen MR) is 127 cm³/mol. The molecule has 0 spiro atoms. The number of benzene rings is 2. The highest BCUT2D eigenvalue weighted by Gasteiger charge is 2.40. The second kappa shape index (κ2) is 9.52. The molecule has 3 aromatic rings. The lowest BCUT2D eigenvalue weighted by Crippen LogP contribution is -2.44. The van der Waals surface area contributed by atoms with Crippen molar-refractivity contribution in [1.29, 1.82) is 0 Å². The van der Waals surface area contributed by atoms with Crippen LogP contribution in [0.2, 0.25) is 0 Å². The van der Waals surface area contributed by atoms with Crippen LogP contribution < -0.4 is 0 Å². The number of hydrogen-bond donors (Lipinski definition) is 0. The fourth-order valence-electron chi connectivity index (χ4n) is 4.13. The Morgan fingerprint density at radius 1 is 1.03 bits per heavy atom. The standard InChI is InChI=1S/C24H26FN3O4S2/c1-3-33(29,30)24-26-14-21(15-27-24)19-10-11-20(22(25)13-19)16-28-17(2)9-12-23(34(28,31)32)18-7-5-4-6-8-18/h4-8,10-11,13-15,17,23H,3,9,12,16H2,1-2H3/t17-,23?/m0/s1. The molecule has 2 atom stereocenters. The molecule has 7 nitrogen and oxygen atoms in total. The van der Waals surface area contributed by atoms with E-state index in [1.165, 1.54) is 29.7 Å². The van der Waals surface area contributed by atoms with E-state index in [9.17, 15) is 16.8 Å². The highest BCUT2D eigenvalue weighted by molar-refractivity contribution is 7.91. The molecular weight excluding hydrogens is 477 g/mol. The molecule has 1 aromatic heterocycles. The van der Waals surface area contributed by atoms with Crippen LogP contribution in [-0.4, -0.2) is 42.9 Å². The summed E-state index contributed by atoms with van der Waals surface area (Å²) in [6.07, 6.45) is 3.88. The van der Waals surface area contributed by atoms with E-state index >= 15 is 4.39 Å². The zero-order valence-corrected chi connectivity index (χ0v) is 20.6. The van der Waals surface area contributed by atoms with Gasteiger partial charge in [-0.25, -0.2) is 31.2 Å². The van der Waals surface area contributed by atoms with Crippen LogP contribution in [-0.2, 0) is 26.4 Å². The fraction of sp³-hybridized carbons (Fsp3) is 0.333. The molecule has 4 rings (SSSR count). The van der Waals surface area contributed by atoms with E-state index in [0.717, 1.165) is 5.56 Å². The van der Waals surface area contributed by atoms with Crippen molar-refractivity contribution in [3.8, 4) is 11.1 Å². The van der Waals surface area contributed by atoms with E-state index in [0.29, 0.717) is 24.0 Å². The Bertz CT molecular complexity index is 1380. The molecule has 2 aromatic carbocycles. The largest absolute Gasteiger partial charge is 0.247 e. The monoisotopic (exact) mass is 503 g/mol. The van der Waals surface area contributed by atoms with Gasteiger partial charge in [-0.15, -0.1) is 0 Å². The molecule has 1 aliphatic heterocycles. The molecule has 0 saturated carbocycles. The Balaban J connectivity index is 1.58. The third-order valence-electron chi connectivity index (χ3n) is 6.19. The zero-order chi connectivity index (χ0) is 24.5. The average molecular weight is 504 g/mol. The van der Waals surface area contributed by atoms with E-state index < -0.39 is 30.9 Å². The third-order valence-corrected chi connectivity index (χ3v) is 10.1. The van der Waals surface area contributed by atoms with Crippen LogP contribution >= 0.6 is 0 Å². The molecular formula is C24H26FN3O4S2. The van der Waals surface area contributed by atoms with E-state index in [2.05, 4.69) is 9.97 Å². The van der Waals surface area contributed by atoms with Crippen molar-refractivity contribution in [2.24, 2.45) is 0 Å². The Kier molecular flexibility index (Phi) is 6.84. The second-order valence-corrected chi connectivity index (χ2v) is 12.6. The van der Waals surface area contributed by atoms with E-state index in [-0.39, 0.29) is 29.1 Å². The number of rotatable bonds is 6. The summed E-state index contributed by atoms with van der Waals surface area (Å²) in [5.74, 6) is -0.662. The minimum Gasteiger partial charge on any atom is -0.226 e. The summed E-state index contributed by atoms with van der Waals surface area (Å²) >= 11 is 0. The van der Waals surface area contributed by atoms with Crippen molar-refractivity contribution in [1.82, 2.24) is 14.3 Å². The van der Waals surface area contributed by atoms with Crippen LogP contribution in [0.15, 0.2) is 66.1 Å². The SMILES string of the molecule is CCS(=O)(=O)c1ncc(-c2ccc(CN3[C@@H](C)CCC(c4ccccc4)S3(=O)=O)c(F)c2)cn1. The maximum absolute atomic E-state index is 15.1. The summed E-state index contributed by atoms with van der Waals surface area (Å²) in [5.41, 5.74) is 1.93. The van der Waals surface area contributed by atoms with Crippen molar-refractivity contribution < 1.29 is 21.2 Å². The fourth-order valence-corrected chi connectivity index (χ4v) is 7.00. The molecule has 10 heteroatoms. The molecule has 0 aliphatic carbocycles. The maximum Gasteiger partial charge on any atom is 0.247 e. The van der Waals surface area contributed by atoms with Gasteiger partial charge in [-0.05, 0) is 37.0 Å². The summed E-state index contributed by atoms with van der Waals surface area (Å²) in [7, 11) is -7.20. The van der Waals surface area contributed by atoms with E-state index in [1.54, 1.807) is 12.1 Å². The smallest absolute Gasteiger partial charge is 0.226 e. The highest BCUT2D eigenvalue weighted by Crippen LogP contribution is 2.38. The number of sulfone groups is 1. The van der Waals surface area contributed by atoms with Gasteiger partial charge in [0.1, 0.15) is 11.1 Å². The summed E-state index contributed by atoms with van der Waals surface area (Å²) in [5, 5.41) is -0.921. The number of hydrogen-bond acceptors (Lipinski definition) is 6. The van der Waals surface area contributed by atoms with Crippen molar-refractivity contribution in [3.05, 3.63) is 77.9 Å². The van der Waals surface area contributed by atoms with Crippen molar-refractivity contribution in [2.75, 3.05) is 5.75 Å². The first-order valence-corrected chi connectivity index (χ1v) is 14.2. The van der Waals surface area contributed by atoms with Gasteiger partial charge >= 0.3 is 0 Å². The average Bonchev–Trinajstić information content (AvgIpc) is 2.83. The summed E-state index contributed by atoms with van der Waals surface area (Å²) in [6, 6.07) is 13.4. The van der Waals surface area contributed by atoms with Crippen molar-refractivity contribution in [3.63, 3.8) is 0 Å². The Morgan fingerprint density at radius 3 is 2.32 bits per heavy atom. The molecule has 1 aliphatic rings. The van der Waals surface area contributed by atoms with Crippen LogP contribution in [0.5, 0.6) is 0 Å². The van der Waals surface area contributed by atoms with Gasteiger partial charge in [0.25, 0.3) is 0 Å². The number of sulfonamides is 1. The third kappa shape index (κ3) is 4.75. The molecule has 2 heterocycles. The Morgan fingerprint density at radius 2 is 1.71 bits per heavy atom. The molecule has 0 radical (unpaired) electrons. The molecule has 0 bridgehead atoms. The highest BCUT2D eigenvalue weighted by atomic mass is 32.2. The minimum absolute atomic E-state index is 0.0663. The first-order valence-electron chi connectivity index (χ1n) is 11.0. The van der Waals surface area contributed by atoms with Gasteiger partial charge in [0.05, 0.1) is 5.75 Å². The number of aromatic nitrogens is 2. The second-order valence-electron chi connectivity index (χ2n) is 8.38. The van der Waals surface area contributed by atoms with Gasteiger partial charge in [-0.2, -0.15) is 4.31 Å². The van der Waals surface area contributed by atoms with Crippen LogP contribution in [0.25, 0.3) is 11.1 Å². The lowest BCUT2D eigenvalue weighted by molar-refractivity contribution is 0.279. The minimum atomic E-state index is -3.68. The summed E-state index contributed by atoms with van der Waals surface area (Å²) in [6.45, 7) is 3.28. The van der Waals surface area contributed by atoms with E-state index in [1.807, 2.05) is 37.3 Å². The normalized spacial score (nSPS) is 20.8. The lowest BCUT2D eigenvalue weighted by atomic mass is 10.0. The molecule has 1 saturated heterocycles. The van der Waals surface area contributed by atoms with Gasteiger partial charge in [-0.1, -0.05) is 49.4 Å². The number of nitrogens with zero attached hydrogens (tertiary/aromatic N) is 3. The summed E-state index contributed by atoms with van der Waals surface area (Å²) in [4.78, 5) is 7.80. The van der Waals surface area contributed by atoms with Gasteiger partial charge in [-0.3, -0.25) is 0 Å². The van der Waals surface area contributed by atoms with Crippen LogP contribution in [0.1, 0.15) is 43.1 Å². The summed E-state index contributed by atoms with van der Waals surface area (Å²) < 4.78 is 67.0. The molecule has 0 amide bonds. The van der Waals surface area contributed by atoms with Gasteiger partial charge < -0.3 is 0 Å². The van der Waals surface area contributed by atoms with E-state index in [4.69, 9.17) is 0 Å². The van der Waals surface area contributed by atoms with Gasteiger partial charge in [0.15, 0.2) is 0 Å². The van der Waals surface area contributed by atoms with Crippen molar-refractivity contribution in [2.45, 2.75) is 49.7 Å². The lowest BCUT2D eigenvalue weighted by Gasteiger charge is -2.37. The molecule has 1 fully saturated rings.